The Labute approximate surface area is 133 Å². The summed E-state index contributed by atoms with van der Waals surface area (Å²) in [6.45, 7) is 5.65. The molecule has 1 aromatic heterocycles. The molecule has 0 atom stereocenters. The fraction of sp³-hybridized carbons (Fsp3) is 0.722. The van der Waals surface area contributed by atoms with Crippen LogP contribution in [0.2, 0.25) is 0 Å². The molecule has 0 fully saturated rings. The first-order valence-corrected chi connectivity index (χ1v) is 8.52. The zero-order valence-corrected chi connectivity index (χ0v) is 14.3. The number of aliphatic hydroxyl groups excluding tert-OH is 1. The quantitative estimate of drug-likeness (QED) is 0.512. The Morgan fingerprint density at radius 2 is 1.32 bits per heavy atom. The summed E-state index contributed by atoms with van der Waals surface area (Å²) in [5, 5.41) is 18.9. The maximum Gasteiger partial charge on any atom is 0.188 e. The Kier molecular flexibility index (Phi) is 8.25. The van der Waals surface area contributed by atoms with Crippen LogP contribution in [0.3, 0.4) is 0 Å². The Balaban J connectivity index is 2.36. The lowest BCUT2D eigenvalue weighted by Gasteiger charge is -2.15. The minimum Gasteiger partial charge on any atom is -0.428 e. The highest BCUT2D eigenvalue weighted by molar-refractivity contribution is 5.29. The van der Waals surface area contributed by atoms with Crippen molar-refractivity contribution < 1.29 is 10.3 Å². The first-order valence-electron chi connectivity index (χ1n) is 8.52. The number of aliphatic hydroxyl groups is 1. The molecule has 1 heterocycles. The maximum absolute atomic E-state index is 12.1. The van der Waals surface area contributed by atoms with Crippen LogP contribution in [-0.4, -0.2) is 21.7 Å². The summed E-state index contributed by atoms with van der Waals surface area (Å²) in [4.78, 5) is 12.1. The smallest absolute Gasteiger partial charge is 0.188 e. The van der Waals surface area contributed by atoms with Gasteiger partial charge in [-0.1, -0.05) is 38.5 Å². The molecule has 0 aliphatic rings. The highest BCUT2D eigenvalue weighted by Gasteiger charge is 2.13. The van der Waals surface area contributed by atoms with Crippen LogP contribution in [0.4, 0.5) is 0 Å². The second kappa shape index (κ2) is 9.67. The van der Waals surface area contributed by atoms with Gasteiger partial charge in [-0.2, -0.15) is 4.73 Å². The highest BCUT2D eigenvalue weighted by atomic mass is 16.5. The minimum atomic E-state index is 0.0571. The molecule has 126 valence electrons. The number of aromatic nitrogens is 1. The van der Waals surface area contributed by atoms with Gasteiger partial charge in [0.1, 0.15) is 0 Å². The van der Waals surface area contributed by atoms with Crippen molar-refractivity contribution in [3.63, 3.8) is 0 Å². The molecule has 2 N–H and O–H groups in total. The topological polar surface area (TPSA) is 62.5 Å². The maximum atomic E-state index is 12.1. The lowest BCUT2D eigenvalue weighted by molar-refractivity contribution is 0.165. The van der Waals surface area contributed by atoms with E-state index < -0.39 is 0 Å². The molecule has 22 heavy (non-hydrogen) atoms. The van der Waals surface area contributed by atoms with Crippen LogP contribution in [0.15, 0.2) is 4.79 Å². The molecule has 0 bridgehead atoms. The zero-order valence-electron chi connectivity index (χ0n) is 14.3. The van der Waals surface area contributed by atoms with Crippen molar-refractivity contribution in [2.75, 3.05) is 6.61 Å². The average molecular weight is 309 g/mol. The molecule has 0 unspecified atom stereocenters. The predicted octanol–water partition coefficient (Wildman–Crippen LogP) is 3.67. The van der Waals surface area contributed by atoms with E-state index in [1.165, 1.54) is 30.4 Å². The van der Waals surface area contributed by atoms with Gasteiger partial charge in [0.2, 0.25) is 0 Å². The molecule has 0 spiro atoms. The molecule has 4 heteroatoms. The SMILES string of the molecule is Cc1c(C)n(O)c(CCCCCCCCCCO)c(C)c1=O. The molecule has 4 nitrogen and oxygen atoms in total. The number of unbranched alkanes of at least 4 members (excludes halogenated alkanes) is 7. The van der Waals surface area contributed by atoms with Gasteiger partial charge in [-0.05, 0) is 40.0 Å². The highest BCUT2D eigenvalue weighted by Crippen LogP contribution is 2.14. The predicted molar refractivity (Wildman–Crippen MR) is 89.8 cm³/mol. The molecule has 1 aromatic rings. The van der Waals surface area contributed by atoms with Gasteiger partial charge in [-0.15, -0.1) is 0 Å². The van der Waals surface area contributed by atoms with Crippen LogP contribution in [-0.2, 0) is 6.42 Å². The second-order valence-electron chi connectivity index (χ2n) is 6.23. The van der Waals surface area contributed by atoms with E-state index in [0.717, 1.165) is 37.8 Å². The lowest BCUT2D eigenvalue weighted by Crippen LogP contribution is -2.21. The standard InChI is InChI=1S/C18H31NO3/c1-14-16(3)19(22)17(15(2)18(14)21)12-10-8-6-4-5-7-9-11-13-20/h20,22H,4-13H2,1-3H3. The second-order valence-corrected chi connectivity index (χ2v) is 6.23. The minimum absolute atomic E-state index is 0.0571. The first-order chi connectivity index (χ1) is 10.5. The number of hydrogen-bond acceptors (Lipinski definition) is 3. The van der Waals surface area contributed by atoms with Crippen LogP contribution < -0.4 is 5.43 Å². The Hall–Kier alpha value is -1.29. The Bertz CT molecular complexity index is 520. The summed E-state index contributed by atoms with van der Waals surface area (Å²) in [6, 6.07) is 0. The van der Waals surface area contributed by atoms with Crippen molar-refractivity contribution in [1.29, 1.82) is 0 Å². The number of pyridine rings is 1. The van der Waals surface area contributed by atoms with E-state index in [2.05, 4.69) is 0 Å². The van der Waals surface area contributed by atoms with E-state index in [-0.39, 0.29) is 5.43 Å². The largest absolute Gasteiger partial charge is 0.428 e. The number of rotatable bonds is 10. The third-order valence-corrected chi connectivity index (χ3v) is 4.55. The summed E-state index contributed by atoms with van der Waals surface area (Å²) < 4.78 is 1.20. The summed E-state index contributed by atoms with van der Waals surface area (Å²) in [5.74, 6) is 0. The Morgan fingerprint density at radius 3 is 1.86 bits per heavy atom. The zero-order chi connectivity index (χ0) is 16.5. The molecule has 0 radical (unpaired) electrons. The van der Waals surface area contributed by atoms with E-state index in [1.807, 2.05) is 0 Å². The van der Waals surface area contributed by atoms with E-state index in [0.29, 0.717) is 23.4 Å². The molecule has 0 saturated carbocycles. The van der Waals surface area contributed by atoms with E-state index in [4.69, 9.17) is 5.11 Å². The van der Waals surface area contributed by atoms with Gasteiger partial charge in [-0.3, -0.25) is 4.79 Å². The van der Waals surface area contributed by atoms with Crippen LogP contribution >= 0.6 is 0 Å². The molecule has 0 amide bonds. The van der Waals surface area contributed by atoms with Crippen LogP contribution in [0.1, 0.15) is 73.9 Å². The first kappa shape index (κ1) is 18.8. The van der Waals surface area contributed by atoms with E-state index >= 15 is 0 Å². The third kappa shape index (κ3) is 5.16. The molecule has 1 rings (SSSR count). The molecule has 0 aliphatic carbocycles. The monoisotopic (exact) mass is 309 g/mol. The van der Waals surface area contributed by atoms with Gasteiger partial charge in [0.15, 0.2) is 5.43 Å². The van der Waals surface area contributed by atoms with E-state index in [1.54, 1.807) is 20.8 Å². The van der Waals surface area contributed by atoms with Crippen molar-refractivity contribution in [1.82, 2.24) is 4.73 Å². The molecular formula is C18H31NO3. The lowest BCUT2D eigenvalue weighted by atomic mass is 10.0. The van der Waals surface area contributed by atoms with Crippen molar-refractivity contribution in [3.05, 3.63) is 32.7 Å². The fourth-order valence-electron chi connectivity index (χ4n) is 2.86. The Morgan fingerprint density at radius 1 is 0.818 bits per heavy atom. The average Bonchev–Trinajstić information content (AvgIpc) is 2.52. The third-order valence-electron chi connectivity index (χ3n) is 4.55. The van der Waals surface area contributed by atoms with Gasteiger partial charge in [0, 0.05) is 17.7 Å². The van der Waals surface area contributed by atoms with Crippen LogP contribution in [0.5, 0.6) is 0 Å². The fourth-order valence-corrected chi connectivity index (χ4v) is 2.86. The summed E-state index contributed by atoms with van der Waals surface area (Å²) in [6.07, 6.45) is 9.77. The van der Waals surface area contributed by atoms with Crippen LogP contribution in [0, 0.1) is 20.8 Å². The van der Waals surface area contributed by atoms with Crippen molar-refractivity contribution in [2.24, 2.45) is 0 Å². The van der Waals surface area contributed by atoms with Crippen LogP contribution in [0.25, 0.3) is 0 Å². The molecule has 0 saturated heterocycles. The molecular weight excluding hydrogens is 278 g/mol. The summed E-state index contributed by atoms with van der Waals surface area (Å²) in [7, 11) is 0. The van der Waals surface area contributed by atoms with Crippen molar-refractivity contribution >= 4 is 0 Å². The normalized spacial score (nSPS) is 11.1. The summed E-state index contributed by atoms with van der Waals surface area (Å²) >= 11 is 0. The van der Waals surface area contributed by atoms with Gasteiger partial charge in [0.25, 0.3) is 0 Å². The van der Waals surface area contributed by atoms with Gasteiger partial charge < -0.3 is 10.3 Å². The van der Waals surface area contributed by atoms with Crippen molar-refractivity contribution in [3.8, 4) is 0 Å². The van der Waals surface area contributed by atoms with Gasteiger partial charge in [-0.25, -0.2) is 0 Å². The summed E-state index contributed by atoms with van der Waals surface area (Å²) in [5.41, 5.74) is 2.77. The van der Waals surface area contributed by atoms with Gasteiger partial charge >= 0.3 is 0 Å². The van der Waals surface area contributed by atoms with E-state index in [9.17, 15) is 10.0 Å². The number of hydrogen-bond donors (Lipinski definition) is 2. The van der Waals surface area contributed by atoms with Crippen molar-refractivity contribution in [2.45, 2.75) is 78.6 Å². The van der Waals surface area contributed by atoms with Gasteiger partial charge in [0.05, 0.1) is 11.4 Å². The number of nitrogens with zero attached hydrogens (tertiary/aromatic N) is 1. The molecule has 0 aliphatic heterocycles. The molecule has 0 aromatic carbocycles.